The number of carbonyl (C=O) groups excluding carboxylic acids is 1. The molecule has 0 saturated heterocycles. The van der Waals surface area contributed by atoms with Crippen LogP contribution >= 0.6 is 11.3 Å². The van der Waals surface area contributed by atoms with Gasteiger partial charge < -0.3 is 11.1 Å². The number of rotatable bonds is 5. The molecule has 1 aromatic heterocycles. The number of sulfone groups is 1. The van der Waals surface area contributed by atoms with E-state index in [-0.39, 0.29) is 22.1 Å². The second-order valence-electron chi connectivity index (χ2n) is 4.73. The van der Waals surface area contributed by atoms with Gasteiger partial charge in [-0.1, -0.05) is 6.92 Å². The third-order valence-electron chi connectivity index (χ3n) is 3.35. The summed E-state index contributed by atoms with van der Waals surface area (Å²) in [6, 6.07) is 0.295. The smallest absolute Gasteiger partial charge is 0.183 e. The maximum Gasteiger partial charge on any atom is 0.183 e. The molecule has 0 radical (unpaired) electrons. The monoisotopic (exact) mass is 302 g/mol. The molecule has 5 nitrogen and oxygen atoms in total. The summed E-state index contributed by atoms with van der Waals surface area (Å²) in [7, 11) is -3.43. The van der Waals surface area contributed by atoms with E-state index in [4.69, 9.17) is 5.73 Å². The Morgan fingerprint density at radius 1 is 1.47 bits per heavy atom. The van der Waals surface area contributed by atoms with Gasteiger partial charge in [-0.2, -0.15) is 0 Å². The van der Waals surface area contributed by atoms with E-state index in [1.54, 1.807) is 6.92 Å². The molecule has 1 aromatic rings. The molecule has 0 aliphatic heterocycles. The van der Waals surface area contributed by atoms with Crippen molar-refractivity contribution in [3.05, 3.63) is 4.88 Å². The Morgan fingerprint density at radius 3 is 2.53 bits per heavy atom. The van der Waals surface area contributed by atoms with Crippen LogP contribution in [-0.2, 0) is 9.84 Å². The zero-order valence-corrected chi connectivity index (χ0v) is 12.7. The van der Waals surface area contributed by atoms with Gasteiger partial charge in [-0.15, -0.1) is 11.3 Å². The van der Waals surface area contributed by atoms with Crippen LogP contribution in [0.1, 0.15) is 42.8 Å². The molecule has 2 rings (SSSR count). The van der Waals surface area contributed by atoms with Gasteiger partial charge in [0.25, 0.3) is 0 Å². The summed E-state index contributed by atoms with van der Waals surface area (Å²) in [5.74, 6) is -0.221. The van der Waals surface area contributed by atoms with E-state index in [0.717, 1.165) is 30.6 Å². The lowest BCUT2D eigenvalue weighted by Gasteiger charge is -2.27. The van der Waals surface area contributed by atoms with Crippen LogP contribution in [0.4, 0.5) is 10.7 Å². The van der Waals surface area contributed by atoms with E-state index in [2.05, 4.69) is 5.32 Å². The van der Waals surface area contributed by atoms with Crippen molar-refractivity contribution < 1.29 is 13.2 Å². The SMILES string of the molecule is CCS(=O)(=O)c1c(NC2CCC2)sc(C(C)=O)c1N. The zero-order valence-electron chi connectivity index (χ0n) is 11.0. The van der Waals surface area contributed by atoms with E-state index >= 15 is 0 Å². The molecule has 1 saturated carbocycles. The number of anilines is 2. The molecule has 106 valence electrons. The molecule has 0 atom stereocenters. The molecule has 0 bridgehead atoms. The van der Waals surface area contributed by atoms with Gasteiger partial charge in [0.05, 0.1) is 16.3 Å². The number of thiophene rings is 1. The fourth-order valence-electron chi connectivity index (χ4n) is 1.98. The lowest BCUT2D eigenvalue weighted by Crippen LogP contribution is -2.27. The highest BCUT2D eigenvalue weighted by Gasteiger charge is 2.29. The Hall–Kier alpha value is -1.08. The van der Waals surface area contributed by atoms with E-state index in [9.17, 15) is 13.2 Å². The predicted molar refractivity (Wildman–Crippen MR) is 77.7 cm³/mol. The normalized spacial score (nSPS) is 16.1. The lowest BCUT2D eigenvalue weighted by molar-refractivity contribution is 0.102. The average Bonchev–Trinajstić information content (AvgIpc) is 2.61. The van der Waals surface area contributed by atoms with Crippen LogP contribution in [0.15, 0.2) is 4.90 Å². The van der Waals surface area contributed by atoms with Gasteiger partial charge in [0, 0.05) is 13.0 Å². The third-order valence-corrected chi connectivity index (χ3v) is 6.52. The summed E-state index contributed by atoms with van der Waals surface area (Å²) in [6.07, 6.45) is 3.20. The van der Waals surface area contributed by atoms with Gasteiger partial charge in [-0.05, 0) is 19.3 Å². The Bertz CT molecular complexity index is 601. The molecule has 1 heterocycles. The first-order valence-electron chi connectivity index (χ1n) is 6.29. The van der Waals surface area contributed by atoms with Crippen molar-refractivity contribution in [2.75, 3.05) is 16.8 Å². The van der Waals surface area contributed by atoms with E-state index < -0.39 is 9.84 Å². The zero-order chi connectivity index (χ0) is 14.2. The van der Waals surface area contributed by atoms with Crippen molar-refractivity contribution in [2.24, 2.45) is 0 Å². The summed E-state index contributed by atoms with van der Waals surface area (Å²) in [6.45, 7) is 2.98. The Kier molecular flexibility index (Phi) is 3.87. The maximum atomic E-state index is 12.1. The molecule has 3 N–H and O–H groups in total. The van der Waals surface area contributed by atoms with Gasteiger partial charge in [0.15, 0.2) is 15.6 Å². The van der Waals surface area contributed by atoms with E-state index in [1.807, 2.05) is 0 Å². The minimum Gasteiger partial charge on any atom is -0.396 e. The molecule has 7 heteroatoms. The number of hydrogen-bond donors (Lipinski definition) is 2. The molecule has 19 heavy (non-hydrogen) atoms. The number of nitrogens with one attached hydrogen (secondary N) is 1. The van der Waals surface area contributed by atoms with Gasteiger partial charge in [-0.25, -0.2) is 8.42 Å². The summed E-state index contributed by atoms with van der Waals surface area (Å²) in [4.78, 5) is 12.0. The Balaban J connectivity index is 2.50. The first-order chi connectivity index (χ1) is 8.86. The average molecular weight is 302 g/mol. The van der Waals surface area contributed by atoms with Gasteiger partial charge in [-0.3, -0.25) is 4.79 Å². The molecule has 1 aliphatic carbocycles. The molecule has 0 spiro atoms. The largest absolute Gasteiger partial charge is 0.396 e. The van der Waals surface area contributed by atoms with Crippen molar-refractivity contribution in [1.82, 2.24) is 0 Å². The fraction of sp³-hybridized carbons (Fsp3) is 0.583. The summed E-state index contributed by atoms with van der Waals surface area (Å²) < 4.78 is 24.3. The van der Waals surface area contributed by atoms with Crippen LogP contribution in [-0.4, -0.2) is 26.0 Å². The highest BCUT2D eigenvalue weighted by Crippen LogP contribution is 2.41. The highest BCUT2D eigenvalue weighted by atomic mass is 32.2. The third kappa shape index (κ3) is 2.62. The molecule has 0 amide bonds. The lowest BCUT2D eigenvalue weighted by atomic mass is 9.93. The van der Waals surface area contributed by atoms with Crippen LogP contribution in [0, 0.1) is 0 Å². The topological polar surface area (TPSA) is 89.3 Å². The number of carbonyl (C=O) groups is 1. The summed E-state index contributed by atoms with van der Waals surface area (Å²) in [5.41, 5.74) is 5.97. The standard InChI is InChI=1S/C12H18N2O3S2/c1-3-19(16,17)11-9(13)10(7(2)15)18-12(11)14-8-5-4-6-8/h8,14H,3-6,13H2,1-2H3. The van der Waals surface area contributed by atoms with Crippen LogP contribution in [0.3, 0.4) is 0 Å². The Morgan fingerprint density at radius 2 is 2.11 bits per heavy atom. The number of hydrogen-bond acceptors (Lipinski definition) is 6. The molecule has 0 aromatic carbocycles. The molecule has 1 aliphatic rings. The van der Waals surface area contributed by atoms with Gasteiger partial charge in [0.2, 0.25) is 0 Å². The second-order valence-corrected chi connectivity index (χ2v) is 7.97. The number of nitrogen functional groups attached to an aromatic ring is 1. The highest BCUT2D eigenvalue weighted by molar-refractivity contribution is 7.91. The van der Waals surface area contributed by atoms with Crippen LogP contribution in [0.25, 0.3) is 0 Å². The molecule has 0 unspecified atom stereocenters. The van der Waals surface area contributed by atoms with Gasteiger partial charge in [0.1, 0.15) is 9.90 Å². The molecular weight excluding hydrogens is 284 g/mol. The van der Waals surface area contributed by atoms with Crippen molar-refractivity contribution in [3.8, 4) is 0 Å². The number of ketones is 1. The van der Waals surface area contributed by atoms with E-state index in [1.165, 1.54) is 6.92 Å². The summed E-state index contributed by atoms with van der Waals surface area (Å²) >= 11 is 1.15. The van der Waals surface area contributed by atoms with Crippen LogP contribution < -0.4 is 11.1 Å². The van der Waals surface area contributed by atoms with Crippen molar-refractivity contribution >= 4 is 37.6 Å². The fourth-order valence-corrected chi connectivity index (χ4v) is 4.60. The minimum absolute atomic E-state index is 0.0232. The quantitative estimate of drug-likeness (QED) is 0.815. The van der Waals surface area contributed by atoms with Crippen LogP contribution in [0.5, 0.6) is 0 Å². The summed E-state index contributed by atoms with van der Waals surface area (Å²) in [5, 5.41) is 3.73. The second kappa shape index (κ2) is 5.13. The number of nitrogens with two attached hydrogens (primary N) is 1. The van der Waals surface area contributed by atoms with Crippen molar-refractivity contribution in [1.29, 1.82) is 0 Å². The number of Topliss-reactive ketones (excluding diaryl/α,β-unsaturated/α-hetero) is 1. The Labute approximate surface area is 117 Å². The van der Waals surface area contributed by atoms with Crippen molar-refractivity contribution in [3.63, 3.8) is 0 Å². The minimum atomic E-state index is -3.43. The molecule has 1 fully saturated rings. The van der Waals surface area contributed by atoms with E-state index in [0.29, 0.717) is 15.9 Å². The maximum absolute atomic E-state index is 12.1. The van der Waals surface area contributed by atoms with Crippen LogP contribution in [0.2, 0.25) is 0 Å². The first-order valence-corrected chi connectivity index (χ1v) is 8.76. The van der Waals surface area contributed by atoms with Gasteiger partial charge >= 0.3 is 0 Å². The predicted octanol–water partition coefficient (Wildman–Crippen LogP) is 2.29. The first kappa shape index (κ1) is 14.3. The van der Waals surface area contributed by atoms with Crippen molar-refractivity contribution in [2.45, 2.75) is 44.0 Å². The molecular formula is C12H18N2O3S2.